The minimum absolute atomic E-state index is 0.0839. The molecule has 1 unspecified atom stereocenters. The van der Waals surface area contributed by atoms with Crippen LogP contribution in [0.4, 0.5) is 5.82 Å². The average Bonchev–Trinajstić information content (AvgIpc) is 2.69. The number of nitrogen functional groups attached to an aromatic ring is 1. The molecule has 1 heterocycles. The predicted molar refractivity (Wildman–Crippen MR) is 80.4 cm³/mol. The van der Waals surface area contributed by atoms with Crippen molar-refractivity contribution in [1.29, 1.82) is 0 Å². The molecule has 0 aliphatic carbocycles. The molecule has 1 atom stereocenters. The summed E-state index contributed by atoms with van der Waals surface area (Å²) in [5, 5.41) is 4.73. The number of benzene rings is 1. The van der Waals surface area contributed by atoms with Gasteiger partial charge in [-0.1, -0.05) is 49.7 Å². The number of halogens is 1. The highest BCUT2D eigenvalue weighted by atomic mass is 35.5. The Kier molecular flexibility index (Phi) is 4.15. The van der Waals surface area contributed by atoms with Crippen molar-refractivity contribution in [2.45, 2.75) is 33.2 Å². The van der Waals surface area contributed by atoms with Crippen LogP contribution < -0.4 is 5.73 Å². The Hall–Kier alpha value is -1.48. The second-order valence-corrected chi connectivity index (χ2v) is 5.75. The number of rotatable bonds is 4. The first-order valence-electron chi connectivity index (χ1n) is 6.56. The number of hydrogen-bond donors (Lipinski definition) is 1. The molecule has 0 amide bonds. The summed E-state index contributed by atoms with van der Waals surface area (Å²) in [5.74, 6) is 1.18. The van der Waals surface area contributed by atoms with E-state index in [0.717, 1.165) is 6.42 Å². The SMILES string of the molecule is CC(C)Cc1ccc(C(C)n2ncc(Cl)c2N)cc1. The minimum Gasteiger partial charge on any atom is -0.383 e. The Morgan fingerprint density at radius 1 is 1.21 bits per heavy atom. The molecular formula is C15H20ClN3. The van der Waals surface area contributed by atoms with Crippen LogP contribution in [-0.4, -0.2) is 9.78 Å². The van der Waals surface area contributed by atoms with Crippen LogP contribution in [0.2, 0.25) is 5.02 Å². The largest absolute Gasteiger partial charge is 0.383 e. The van der Waals surface area contributed by atoms with Gasteiger partial charge in [0.25, 0.3) is 0 Å². The molecule has 0 aliphatic rings. The summed E-state index contributed by atoms with van der Waals surface area (Å²) in [4.78, 5) is 0. The summed E-state index contributed by atoms with van der Waals surface area (Å²) in [6, 6.07) is 8.70. The van der Waals surface area contributed by atoms with Gasteiger partial charge in [-0.3, -0.25) is 0 Å². The first-order chi connectivity index (χ1) is 8.99. The smallest absolute Gasteiger partial charge is 0.141 e. The molecule has 0 aliphatic heterocycles. The third-order valence-corrected chi connectivity index (χ3v) is 3.55. The van der Waals surface area contributed by atoms with Gasteiger partial charge in [0.05, 0.1) is 12.2 Å². The quantitative estimate of drug-likeness (QED) is 0.920. The summed E-state index contributed by atoms with van der Waals surface area (Å²) in [6.45, 7) is 6.52. The molecule has 102 valence electrons. The van der Waals surface area contributed by atoms with E-state index in [-0.39, 0.29) is 6.04 Å². The first-order valence-corrected chi connectivity index (χ1v) is 6.94. The fourth-order valence-electron chi connectivity index (χ4n) is 2.20. The van der Waals surface area contributed by atoms with E-state index >= 15 is 0 Å². The number of anilines is 1. The summed E-state index contributed by atoms with van der Waals surface area (Å²) in [7, 11) is 0. The minimum atomic E-state index is 0.0839. The standard InChI is InChI=1S/C15H20ClN3/c1-10(2)8-12-4-6-13(7-5-12)11(3)19-15(17)14(16)9-18-19/h4-7,9-11H,8,17H2,1-3H3. The number of nitrogens with zero attached hydrogens (tertiary/aromatic N) is 2. The van der Waals surface area contributed by atoms with Crippen molar-refractivity contribution < 1.29 is 0 Å². The van der Waals surface area contributed by atoms with Gasteiger partial charge in [-0.2, -0.15) is 5.10 Å². The molecule has 0 fully saturated rings. The molecule has 2 N–H and O–H groups in total. The molecule has 1 aromatic heterocycles. The molecule has 0 bridgehead atoms. The predicted octanol–water partition coefficient (Wildman–Crippen LogP) is 3.93. The van der Waals surface area contributed by atoms with Crippen molar-refractivity contribution in [2.24, 2.45) is 5.92 Å². The number of aromatic nitrogens is 2. The lowest BCUT2D eigenvalue weighted by atomic mass is 10.00. The monoisotopic (exact) mass is 277 g/mol. The van der Waals surface area contributed by atoms with Crippen molar-refractivity contribution >= 4 is 17.4 Å². The molecule has 19 heavy (non-hydrogen) atoms. The van der Waals surface area contributed by atoms with Crippen molar-refractivity contribution in [3.05, 3.63) is 46.6 Å². The third-order valence-electron chi connectivity index (χ3n) is 3.26. The van der Waals surface area contributed by atoms with Crippen molar-refractivity contribution in [3.63, 3.8) is 0 Å². The van der Waals surface area contributed by atoms with Crippen LogP contribution in [0.1, 0.15) is 37.9 Å². The lowest BCUT2D eigenvalue weighted by Gasteiger charge is -2.15. The summed E-state index contributed by atoms with van der Waals surface area (Å²) in [5.41, 5.74) is 8.44. The fraction of sp³-hybridized carbons (Fsp3) is 0.400. The molecule has 0 spiro atoms. The van der Waals surface area contributed by atoms with E-state index in [1.54, 1.807) is 10.9 Å². The second kappa shape index (κ2) is 5.66. The molecule has 2 rings (SSSR count). The maximum absolute atomic E-state index is 5.94. The van der Waals surface area contributed by atoms with E-state index in [2.05, 4.69) is 50.1 Å². The lowest BCUT2D eigenvalue weighted by Crippen LogP contribution is -2.11. The summed E-state index contributed by atoms with van der Waals surface area (Å²) < 4.78 is 1.75. The Bertz CT molecular complexity index is 543. The topological polar surface area (TPSA) is 43.8 Å². The van der Waals surface area contributed by atoms with Gasteiger partial charge in [0.1, 0.15) is 10.8 Å². The zero-order chi connectivity index (χ0) is 14.0. The summed E-state index contributed by atoms with van der Waals surface area (Å²) >= 11 is 5.94. The maximum Gasteiger partial charge on any atom is 0.141 e. The maximum atomic E-state index is 5.94. The van der Waals surface area contributed by atoms with Crippen molar-refractivity contribution in [3.8, 4) is 0 Å². The molecular weight excluding hydrogens is 258 g/mol. The van der Waals surface area contributed by atoms with E-state index < -0.39 is 0 Å². The molecule has 2 aromatic rings. The van der Waals surface area contributed by atoms with Crippen LogP contribution in [0.5, 0.6) is 0 Å². The Balaban J connectivity index is 2.20. The normalized spacial score (nSPS) is 12.9. The van der Waals surface area contributed by atoms with Gasteiger partial charge in [-0.25, -0.2) is 4.68 Å². The van der Waals surface area contributed by atoms with Gasteiger partial charge in [0, 0.05) is 0 Å². The Morgan fingerprint density at radius 2 is 1.84 bits per heavy atom. The lowest BCUT2D eigenvalue weighted by molar-refractivity contribution is 0.572. The third kappa shape index (κ3) is 3.10. The van der Waals surface area contributed by atoms with E-state index in [0.29, 0.717) is 16.8 Å². The second-order valence-electron chi connectivity index (χ2n) is 5.34. The Labute approximate surface area is 119 Å². The number of nitrogens with two attached hydrogens (primary N) is 1. The zero-order valence-electron chi connectivity index (χ0n) is 11.6. The van der Waals surface area contributed by atoms with E-state index in [1.165, 1.54) is 11.1 Å². The van der Waals surface area contributed by atoms with Crippen LogP contribution in [0.3, 0.4) is 0 Å². The van der Waals surface area contributed by atoms with Crippen molar-refractivity contribution in [1.82, 2.24) is 9.78 Å². The van der Waals surface area contributed by atoms with Gasteiger partial charge < -0.3 is 5.73 Å². The molecule has 4 heteroatoms. The van der Waals surface area contributed by atoms with E-state index in [9.17, 15) is 0 Å². The zero-order valence-corrected chi connectivity index (χ0v) is 12.4. The van der Waals surface area contributed by atoms with Crippen LogP contribution >= 0.6 is 11.6 Å². The molecule has 3 nitrogen and oxygen atoms in total. The van der Waals surface area contributed by atoms with Gasteiger partial charge in [0.15, 0.2) is 0 Å². The molecule has 0 saturated carbocycles. The Morgan fingerprint density at radius 3 is 2.32 bits per heavy atom. The highest BCUT2D eigenvalue weighted by Gasteiger charge is 2.13. The highest BCUT2D eigenvalue weighted by molar-refractivity contribution is 6.32. The fourth-order valence-corrected chi connectivity index (χ4v) is 2.33. The van der Waals surface area contributed by atoms with Crippen LogP contribution in [0, 0.1) is 5.92 Å². The molecule has 0 radical (unpaired) electrons. The highest BCUT2D eigenvalue weighted by Crippen LogP contribution is 2.25. The van der Waals surface area contributed by atoms with Gasteiger partial charge >= 0.3 is 0 Å². The van der Waals surface area contributed by atoms with Gasteiger partial charge in [-0.15, -0.1) is 0 Å². The van der Waals surface area contributed by atoms with E-state index in [1.807, 2.05) is 0 Å². The van der Waals surface area contributed by atoms with Crippen LogP contribution in [0.15, 0.2) is 30.5 Å². The molecule has 0 saturated heterocycles. The summed E-state index contributed by atoms with van der Waals surface area (Å²) in [6.07, 6.45) is 2.69. The van der Waals surface area contributed by atoms with Crippen LogP contribution in [-0.2, 0) is 6.42 Å². The number of hydrogen-bond acceptors (Lipinski definition) is 2. The van der Waals surface area contributed by atoms with E-state index in [4.69, 9.17) is 17.3 Å². The average molecular weight is 278 g/mol. The van der Waals surface area contributed by atoms with Crippen LogP contribution in [0.25, 0.3) is 0 Å². The first kappa shape index (κ1) is 13.9. The van der Waals surface area contributed by atoms with Gasteiger partial charge in [-0.05, 0) is 30.4 Å². The van der Waals surface area contributed by atoms with Gasteiger partial charge in [0.2, 0.25) is 0 Å². The van der Waals surface area contributed by atoms with Crippen molar-refractivity contribution in [2.75, 3.05) is 5.73 Å². The molecule has 1 aromatic carbocycles.